The van der Waals surface area contributed by atoms with Gasteiger partial charge in [0.05, 0.1) is 10.7 Å². The number of hydrogen-bond donors (Lipinski definition) is 2. The van der Waals surface area contributed by atoms with Gasteiger partial charge in [0.15, 0.2) is 0 Å². The van der Waals surface area contributed by atoms with Crippen LogP contribution in [0.25, 0.3) is 0 Å². The minimum absolute atomic E-state index is 0.0765. The van der Waals surface area contributed by atoms with Crippen LogP contribution in [-0.2, 0) is 0 Å². The van der Waals surface area contributed by atoms with Crippen molar-refractivity contribution in [2.75, 3.05) is 13.1 Å². The largest absolute Gasteiger partial charge is 0.341 e. The van der Waals surface area contributed by atoms with E-state index in [2.05, 4.69) is 34.4 Å². The van der Waals surface area contributed by atoms with Crippen LogP contribution in [0, 0.1) is 0 Å². The number of nitrogens with zero attached hydrogens (tertiary/aromatic N) is 3. The van der Waals surface area contributed by atoms with Crippen LogP contribution in [0.15, 0.2) is 10.2 Å². The number of amides is 1. The third-order valence-corrected chi connectivity index (χ3v) is 4.92. The van der Waals surface area contributed by atoms with E-state index in [4.69, 9.17) is 4.98 Å². The Balaban J connectivity index is 1.73. The summed E-state index contributed by atoms with van der Waals surface area (Å²) in [6.07, 6.45) is 1.97. The average Bonchev–Trinajstić information content (AvgIpc) is 3.15. The molecule has 3 rings (SSSR count). The minimum Gasteiger partial charge on any atom is -0.335 e. The summed E-state index contributed by atoms with van der Waals surface area (Å²) in [7, 11) is 0. The van der Waals surface area contributed by atoms with Crippen molar-refractivity contribution in [3.63, 3.8) is 0 Å². The van der Waals surface area contributed by atoms with Crippen molar-refractivity contribution in [3.8, 4) is 0 Å². The standard InChI is InChI=1S/C14H19N5O2S/c1-8(2)10-7-22-12(15-10)9-4-3-5-19(6-9)13(20)11-16-14(21)18-17-11/h7-9H,3-6H2,1-2H3,(H2,16,17,18,21)/t9-/m1/s1. The Morgan fingerprint density at radius 1 is 1.50 bits per heavy atom. The van der Waals surface area contributed by atoms with Crippen LogP contribution in [0.5, 0.6) is 0 Å². The Kier molecular flexibility index (Phi) is 4.10. The van der Waals surface area contributed by atoms with E-state index in [0.717, 1.165) is 23.5 Å². The molecule has 0 radical (unpaired) electrons. The van der Waals surface area contributed by atoms with Gasteiger partial charge in [0.2, 0.25) is 5.82 Å². The normalized spacial score (nSPS) is 18.9. The maximum absolute atomic E-state index is 12.4. The molecule has 0 spiro atoms. The first-order valence-electron chi connectivity index (χ1n) is 7.44. The van der Waals surface area contributed by atoms with E-state index in [9.17, 15) is 9.59 Å². The molecule has 1 atom stereocenters. The molecule has 2 aromatic rings. The monoisotopic (exact) mass is 321 g/mol. The molecule has 22 heavy (non-hydrogen) atoms. The second-order valence-electron chi connectivity index (χ2n) is 5.88. The van der Waals surface area contributed by atoms with Gasteiger partial charge >= 0.3 is 5.69 Å². The molecule has 1 saturated heterocycles. The summed E-state index contributed by atoms with van der Waals surface area (Å²) in [5.74, 6) is 0.526. The SMILES string of the molecule is CC(C)c1csc([C@@H]2CCCN(C(=O)c3n[nH]c(=O)[nH]3)C2)n1. The van der Waals surface area contributed by atoms with Gasteiger partial charge < -0.3 is 4.90 Å². The van der Waals surface area contributed by atoms with Crippen LogP contribution in [0.3, 0.4) is 0 Å². The smallest absolute Gasteiger partial charge is 0.335 e. The van der Waals surface area contributed by atoms with E-state index in [0.29, 0.717) is 19.0 Å². The molecule has 2 N–H and O–H groups in total. The highest BCUT2D eigenvalue weighted by Crippen LogP contribution is 2.31. The number of thiazole rings is 1. The average molecular weight is 321 g/mol. The molecule has 3 heterocycles. The van der Waals surface area contributed by atoms with Gasteiger partial charge in [0, 0.05) is 24.4 Å². The van der Waals surface area contributed by atoms with E-state index < -0.39 is 5.69 Å². The topological polar surface area (TPSA) is 94.7 Å². The number of likely N-dealkylation sites (tertiary alicyclic amines) is 1. The van der Waals surface area contributed by atoms with Crippen molar-refractivity contribution in [1.82, 2.24) is 25.1 Å². The van der Waals surface area contributed by atoms with Crippen molar-refractivity contribution in [1.29, 1.82) is 0 Å². The minimum atomic E-state index is -0.460. The van der Waals surface area contributed by atoms with Gasteiger partial charge in [-0.1, -0.05) is 13.8 Å². The first-order chi connectivity index (χ1) is 10.5. The second-order valence-corrected chi connectivity index (χ2v) is 6.77. The van der Waals surface area contributed by atoms with Gasteiger partial charge in [0.1, 0.15) is 0 Å². The number of H-pyrrole nitrogens is 2. The molecule has 1 amide bonds. The van der Waals surface area contributed by atoms with Gasteiger partial charge in [-0.3, -0.25) is 9.78 Å². The third kappa shape index (κ3) is 2.96. The Bertz CT molecular complexity index is 717. The van der Waals surface area contributed by atoms with Crippen molar-refractivity contribution < 1.29 is 4.79 Å². The summed E-state index contributed by atoms with van der Waals surface area (Å²) in [5, 5.41) is 9.14. The second kappa shape index (κ2) is 6.04. The fourth-order valence-electron chi connectivity index (χ4n) is 2.64. The lowest BCUT2D eigenvalue weighted by Gasteiger charge is -2.31. The molecule has 0 unspecified atom stereocenters. The molecule has 7 nitrogen and oxygen atoms in total. The van der Waals surface area contributed by atoms with E-state index in [-0.39, 0.29) is 17.6 Å². The number of carbonyl (C=O) groups is 1. The van der Waals surface area contributed by atoms with Crippen molar-refractivity contribution in [3.05, 3.63) is 32.4 Å². The molecule has 0 aliphatic carbocycles. The molecule has 0 bridgehead atoms. The summed E-state index contributed by atoms with van der Waals surface area (Å²) < 4.78 is 0. The number of hydrogen-bond acceptors (Lipinski definition) is 5. The van der Waals surface area contributed by atoms with Crippen molar-refractivity contribution in [2.24, 2.45) is 0 Å². The molecule has 0 saturated carbocycles. The van der Waals surface area contributed by atoms with Crippen LogP contribution in [0.4, 0.5) is 0 Å². The molecule has 1 fully saturated rings. The number of nitrogens with one attached hydrogen (secondary N) is 2. The molecule has 8 heteroatoms. The maximum atomic E-state index is 12.4. The molecule has 1 aliphatic heterocycles. The van der Waals surface area contributed by atoms with Crippen LogP contribution >= 0.6 is 11.3 Å². The summed E-state index contributed by atoms with van der Waals surface area (Å²) >= 11 is 1.67. The van der Waals surface area contributed by atoms with Crippen molar-refractivity contribution in [2.45, 2.75) is 38.5 Å². The molecule has 0 aromatic carbocycles. The number of aromatic amines is 2. The lowest BCUT2D eigenvalue weighted by Crippen LogP contribution is -2.39. The molecule has 2 aromatic heterocycles. The van der Waals surface area contributed by atoms with Crippen LogP contribution < -0.4 is 5.69 Å². The number of piperidine rings is 1. The summed E-state index contributed by atoms with van der Waals surface area (Å²) in [6.45, 7) is 5.57. The third-order valence-electron chi connectivity index (χ3n) is 3.89. The molecular weight excluding hydrogens is 302 g/mol. The van der Waals surface area contributed by atoms with E-state index >= 15 is 0 Å². The van der Waals surface area contributed by atoms with E-state index in [1.807, 2.05) is 0 Å². The highest BCUT2D eigenvalue weighted by Gasteiger charge is 2.28. The number of aromatic nitrogens is 4. The van der Waals surface area contributed by atoms with Gasteiger partial charge in [-0.05, 0) is 18.8 Å². The number of rotatable bonds is 3. The van der Waals surface area contributed by atoms with Crippen LogP contribution in [0.1, 0.15) is 59.8 Å². The number of carbonyl (C=O) groups excluding carboxylic acids is 1. The Morgan fingerprint density at radius 2 is 2.32 bits per heavy atom. The van der Waals surface area contributed by atoms with Crippen LogP contribution in [0.2, 0.25) is 0 Å². The van der Waals surface area contributed by atoms with Gasteiger partial charge in [-0.2, -0.15) is 0 Å². The predicted molar refractivity (Wildman–Crippen MR) is 83.3 cm³/mol. The Morgan fingerprint density at radius 3 is 2.95 bits per heavy atom. The fourth-order valence-corrected chi connectivity index (χ4v) is 3.75. The van der Waals surface area contributed by atoms with Gasteiger partial charge in [-0.25, -0.2) is 14.9 Å². The zero-order valence-corrected chi connectivity index (χ0v) is 13.4. The summed E-state index contributed by atoms with van der Waals surface area (Å²) in [4.78, 5) is 32.3. The van der Waals surface area contributed by atoms with Gasteiger partial charge in [-0.15, -0.1) is 16.4 Å². The van der Waals surface area contributed by atoms with Crippen molar-refractivity contribution >= 4 is 17.2 Å². The lowest BCUT2D eigenvalue weighted by molar-refractivity contribution is 0.0695. The zero-order chi connectivity index (χ0) is 15.7. The first kappa shape index (κ1) is 15.0. The van der Waals surface area contributed by atoms with E-state index in [1.165, 1.54) is 0 Å². The highest BCUT2D eigenvalue weighted by atomic mass is 32.1. The first-order valence-corrected chi connectivity index (χ1v) is 8.32. The van der Waals surface area contributed by atoms with Crippen LogP contribution in [-0.4, -0.2) is 44.1 Å². The quantitative estimate of drug-likeness (QED) is 0.899. The Labute approximate surface area is 131 Å². The van der Waals surface area contributed by atoms with E-state index in [1.54, 1.807) is 16.2 Å². The summed E-state index contributed by atoms with van der Waals surface area (Å²) in [6, 6.07) is 0. The zero-order valence-electron chi connectivity index (χ0n) is 12.6. The predicted octanol–water partition coefficient (Wildman–Crippen LogP) is 1.70. The van der Waals surface area contributed by atoms with Gasteiger partial charge in [0.25, 0.3) is 5.91 Å². The Hall–Kier alpha value is -1.96. The fraction of sp³-hybridized carbons (Fsp3) is 0.571. The molecule has 118 valence electrons. The summed E-state index contributed by atoms with van der Waals surface area (Å²) in [5.41, 5.74) is 0.651. The molecule has 1 aliphatic rings. The lowest BCUT2D eigenvalue weighted by atomic mass is 9.98. The molecular formula is C14H19N5O2S. The highest BCUT2D eigenvalue weighted by molar-refractivity contribution is 7.09. The maximum Gasteiger partial charge on any atom is 0.341 e.